The van der Waals surface area contributed by atoms with E-state index in [0.717, 1.165) is 12.5 Å². The van der Waals surface area contributed by atoms with Gasteiger partial charge in [-0.1, -0.05) is 12.1 Å². The van der Waals surface area contributed by atoms with Crippen molar-refractivity contribution in [2.75, 3.05) is 39.0 Å². The maximum Gasteiger partial charge on any atom is 0.0234 e. The lowest BCUT2D eigenvalue weighted by Crippen LogP contribution is -2.45. The second kappa shape index (κ2) is 6.78. The molecule has 0 aromatic heterocycles. The summed E-state index contributed by atoms with van der Waals surface area (Å²) in [5, 5.41) is 0. The van der Waals surface area contributed by atoms with E-state index in [1.54, 1.807) is 0 Å². The summed E-state index contributed by atoms with van der Waals surface area (Å²) in [5.74, 6) is 1.04. The van der Waals surface area contributed by atoms with Gasteiger partial charge in [0.2, 0.25) is 0 Å². The molecule has 3 fully saturated rings. The number of likely N-dealkylation sites (tertiary alicyclic amines) is 2. The first-order valence-electron chi connectivity index (χ1n) is 9.32. The van der Waals surface area contributed by atoms with Crippen molar-refractivity contribution in [2.24, 2.45) is 11.3 Å². The minimum atomic E-state index is 0.601. The van der Waals surface area contributed by atoms with Gasteiger partial charge in [-0.3, -0.25) is 4.90 Å². The quantitative estimate of drug-likeness (QED) is 0.750. The second-order valence-corrected chi connectivity index (χ2v) is 8.97. The van der Waals surface area contributed by atoms with E-state index >= 15 is 0 Å². The predicted octanol–water partition coefficient (Wildman–Crippen LogP) is 4.11. The summed E-state index contributed by atoms with van der Waals surface area (Å²) < 4.78 is 0. The molecule has 0 unspecified atom stereocenters. The van der Waals surface area contributed by atoms with Gasteiger partial charge in [0.25, 0.3) is 0 Å². The Balaban J connectivity index is 1.35. The van der Waals surface area contributed by atoms with Crippen LogP contribution in [0, 0.1) is 11.3 Å². The fraction of sp³-hybridized carbons (Fsp3) is 0.700. The van der Waals surface area contributed by atoms with Crippen LogP contribution < -0.4 is 0 Å². The van der Waals surface area contributed by atoms with Gasteiger partial charge in [0.1, 0.15) is 0 Å². The Hall–Kier alpha value is -0.510. The molecule has 0 N–H and O–H groups in total. The standard InChI is InChI=1S/C20H30N2S/c1-23-19-5-2-4-18(12-19)14-22-11-9-20(16-22)8-3-10-21(15-20)13-17-6-7-17/h2,4-5,12,17H,3,6-11,13-16H2,1H3/t20-/m1/s1. The lowest BCUT2D eigenvalue weighted by atomic mass is 9.79. The Kier molecular flexibility index (Phi) is 4.71. The van der Waals surface area contributed by atoms with Crippen LogP contribution in [0.25, 0.3) is 0 Å². The van der Waals surface area contributed by atoms with E-state index in [2.05, 4.69) is 40.3 Å². The Morgan fingerprint density at radius 1 is 1.13 bits per heavy atom. The zero-order chi connectivity index (χ0) is 15.7. The zero-order valence-corrected chi connectivity index (χ0v) is 15.3. The molecule has 1 atom stereocenters. The van der Waals surface area contributed by atoms with Crippen LogP contribution in [-0.2, 0) is 6.54 Å². The summed E-state index contributed by atoms with van der Waals surface area (Å²) >= 11 is 1.85. The molecular formula is C20H30N2S. The molecular weight excluding hydrogens is 300 g/mol. The van der Waals surface area contributed by atoms with Crippen LogP contribution in [0.4, 0.5) is 0 Å². The number of piperidine rings is 1. The van der Waals surface area contributed by atoms with Crippen LogP contribution in [0.5, 0.6) is 0 Å². The van der Waals surface area contributed by atoms with Gasteiger partial charge in [0, 0.05) is 31.1 Å². The van der Waals surface area contributed by atoms with Crippen molar-refractivity contribution in [3.8, 4) is 0 Å². The van der Waals surface area contributed by atoms with Gasteiger partial charge in [-0.2, -0.15) is 0 Å². The molecule has 126 valence electrons. The SMILES string of the molecule is CSc1cccc(CN2CC[C@@]3(CCCN(CC4CC4)C3)C2)c1. The van der Waals surface area contributed by atoms with E-state index in [1.165, 1.54) is 75.3 Å². The molecule has 0 amide bonds. The van der Waals surface area contributed by atoms with Crippen molar-refractivity contribution >= 4 is 11.8 Å². The summed E-state index contributed by atoms with van der Waals surface area (Å²) in [6.07, 6.45) is 9.43. The van der Waals surface area contributed by atoms with Crippen molar-refractivity contribution in [1.29, 1.82) is 0 Å². The van der Waals surface area contributed by atoms with Crippen molar-refractivity contribution in [1.82, 2.24) is 9.80 Å². The molecule has 1 aromatic carbocycles. The van der Waals surface area contributed by atoms with Crippen LogP contribution in [-0.4, -0.2) is 48.8 Å². The Morgan fingerprint density at radius 2 is 2.00 bits per heavy atom. The number of thioether (sulfide) groups is 1. The summed E-state index contributed by atoms with van der Waals surface area (Å²) in [7, 11) is 0. The third-order valence-corrected chi connectivity index (χ3v) is 6.74. The van der Waals surface area contributed by atoms with E-state index in [1.807, 2.05) is 11.8 Å². The summed E-state index contributed by atoms with van der Waals surface area (Å²) in [4.78, 5) is 6.89. The van der Waals surface area contributed by atoms with Crippen LogP contribution in [0.2, 0.25) is 0 Å². The smallest absolute Gasteiger partial charge is 0.0234 e. The molecule has 4 rings (SSSR count). The second-order valence-electron chi connectivity index (χ2n) is 8.09. The van der Waals surface area contributed by atoms with Gasteiger partial charge in [-0.25, -0.2) is 0 Å². The van der Waals surface area contributed by atoms with Crippen molar-refractivity contribution in [2.45, 2.75) is 43.5 Å². The number of nitrogens with zero attached hydrogens (tertiary/aromatic N) is 2. The number of hydrogen-bond acceptors (Lipinski definition) is 3. The van der Waals surface area contributed by atoms with Crippen molar-refractivity contribution < 1.29 is 0 Å². The lowest BCUT2D eigenvalue weighted by molar-refractivity contribution is 0.0884. The predicted molar refractivity (Wildman–Crippen MR) is 98.9 cm³/mol. The molecule has 1 spiro atoms. The molecule has 2 saturated heterocycles. The molecule has 2 aliphatic heterocycles. The van der Waals surface area contributed by atoms with Gasteiger partial charge in [0.15, 0.2) is 0 Å². The van der Waals surface area contributed by atoms with Gasteiger partial charge in [0.05, 0.1) is 0 Å². The molecule has 2 heterocycles. The minimum absolute atomic E-state index is 0.601. The van der Waals surface area contributed by atoms with E-state index in [9.17, 15) is 0 Å². The Labute approximate surface area is 145 Å². The molecule has 23 heavy (non-hydrogen) atoms. The van der Waals surface area contributed by atoms with Gasteiger partial charge < -0.3 is 4.90 Å². The van der Waals surface area contributed by atoms with Crippen molar-refractivity contribution in [3.05, 3.63) is 29.8 Å². The number of hydrogen-bond donors (Lipinski definition) is 0. The van der Waals surface area contributed by atoms with Gasteiger partial charge >= 0.3 is 0 Å². The van der Waals surface area contributed by atoms with E-state index in [-0.39, 0.29) is 0 Å². The van der Waals surface area contributed by atoms with Crippen LogP contribution >= 0.6 is 11.8 Å². The maximum atomic E-state index is 2.79. The summed E-state index contributed by atoms with van der Waals surface area (Å²) in [6.45, 7) is 7.85. The highest BCUT2D eigenvalue weighted by Crippen LogP contribution is 2.41. The largest absolute Gasteiger partial charge is 0.302 e. The molecule has 3 heteroatoms. The first-order valence-corrected chi connectivity index (χ1v) is 10.5. The van der Waals surface area contributed by atoms with E-state index < -0.39 is 0 Å². The van der Waals surface area contributed by atoms with Gasteiger partial charge in [-0.05, 0) is 80.5 Å². The number of rotatable bonds is 5. The maximum absolute atomic E-state index is 2.79. The average molecular weight is 331 g/mol. The van der Waals surface area contributed by atoms with E-state index in [4.69, 9.17) is 0 Å². The topological polar surface area (TPSA) is 6.48 Å². The fourth-order valence-electron chi connectivity index (χ4n) is 4.66. The molecule has 0 radical (unpaired) electrons. The highest BCUT2D eigenvalue weighted by atomic mass is 32.2. The highest BCUT2D eigenvalue weighted by molar-refractivity contribution is 7.98. The lowest BCUT2D eigenvalue weighted by Gasteiger charge is -2.40. The first-order chi connectivity index (χ1) is 11.2. The van der Waals surface area contributed by atoms with Crippen LogP contribution in [0.3, 0.4) is 0 Å². The zero-order valence-electron chi connectivity index (χ0n) is 14.5. The van der Waals surface area contributed by atoms with Crippen LogP contribution in [0.1, 0.15) is 37.7 Å². The highest BCUT2D eigenvalue weighted by Gasteiger charge is 2.41. The molecule has 3 aliphatic rings. The monoisotopic (exact) mass is 330 g/mol. The Bertz CT molecular complexity index is 542. The van der Waals surface area contributed by atoms with Gasteiger partial charge in [-0.15, -0.1) is 11.8 Å². The number of benzene rings is 1. The third kappa shape index (κ3) is 3.94. The minimum Gasteiger partial charge on any atom is -0.302 e. The summed E-state index contributed by atoms with van der Waals surface area (Å²) in [5.41, 5.74) is 2.09. The molecule has 1 aliphatic carbocycles. The van der Waals surface area contributed by atoms with Crippen molar-refractivity contribution in [3.63, 3.8) is 0 Å². The molecule has 2 nitrogen and oxygen atoms in total. The normalized spacial score (nSPS) is 29.4. The fourth-order valence-corrected chi connectivity index (χ4v) is 5.14. The van der Waals surface area contributed by atoms with E-state index in [0.29, 0.717) is 5.41 Å². The first kappa shape index (κ1) is 16.0. The average Bonchev–Trinajstić information content (AvgIpc) is 3.30. The molecule has 1 aromatic rings. The molecule has 1 saturated carbocycles. The summed E-state index contributed by atoms with van der Waals surface area (Å²) in [6, 6.07) is 9.10. The van der Waals surface area contributed by atoms with Crippen LogP contribution in [0.15, 0.2) is 29.2 Å². The molecule has 0 bridgehead atoms. The third-order valence-electron chi connectivity index (χ3n) is 6.01. The Morgan fingerprint density at radius 3 is 2.83 bits per heavy atom.